The average molecular weight is 401 g/mol. The lowest BCUT2D eigenvalue weighted by molar-refractivity contribution is -0.166. The summed E-state index contributed by atoms with van der Waals surface area (Å²) in [5.74, 6) is 29.2. The Morgan fingerprint density at radius 2 is 1.00 bits per heavy atom. The first kappa shape index (κ1) is 25.3. The van der Waals surface area contributed by atoms with E-state index in [2.05, 4.69) is 82.9 Å². The molecule has 0 unspecified atom stereocenters. The number of terminal acetylenes is 1. The second-order valence-corrected chi connectivity index (χ2v) is 4.59. The quantitative estimate of drug-likeness (QED) is 0.205. The van der Waals surface area contributed by atoms with Gasteiger partial charge in [0.2, 0.25) is 0 Å². The van der Waals surface area contributed by atoms with Gasteiger partial charge in [0.05, 0.1) is 0 Å². The average Bonchev–Trinajstić information content (AvgIpc) is 2.73. The van der Waals surface area contributed by atoms with Crippen LogP contribution < -0.4 is 5.32 Å². The molecule has 0 saturated heterocycles. The lowest BCUT2D eigenvalue weighted by Crippen LogP contribution is -2.52. The topological polar surface area (TPSA) is 147 Å². The first-order chi connectivity index (χ1) is 14.3. The number of rotatable bonds is 5. The van der Waals surface area contributed by atoms with Crippen LogP contribution in [0.5, 0.6) is 0 Å². The molecule has 1 amide bonds. The fourth-order valence-electron chi connectivity index (χ4n) is 1.25. The van der Waals surface area contributed by atoms with Crippen LogP contribution in [-0.4, -0.2) is 61.8 Å². The molecule has 0 bridgehead atoms. The van der Waals surface area contributed by atoms with Gasteiger partial charge in [-0.05, 0) is 41.4 Å². The number of carbonyl (C=O) groups excluding carboxylic acids is 1. The summed E-state index contributed by atoms with van der Waals surface area (Å²) in [6, 6.07) is 2.03. The number of nitrogens with one attached hydrogen (secondary N) is 1. The first-order valence-electron chi connectivity index (χ1n) is 7.53. The van der Waals surface area contributed by atoms with Crippen LogP contribution in [0.15, 0.2) is 0 Å². The predicted molar refractivity (Wildman–Crippen MR) is 103 cm³/mol. The van der Waals surface area contributed by atoms with Gasteiger partial charge in [-0.25, -0.2) is 4.79 Å². The number of carboxylic acids is 1. The van der Waals surface area contributed by atoms with Crippen molar-refractivity contribution in [3.05, 3.63) is 0 Å². The lowest BCUT2D eigenvalue weighted by Gasteiger charge is -2.23. The normalized spacial score (nSPS) is 11.3. The number of aliphatic hydroxyl groups is 4. The van der Waals surface area contributed by atoms with Gasteiger partial charge in [-0.3, -0.25) is 10.1 Å². The van der Waals surface area contributed by atoms with Gasteiger partial charge in [0, 0.05) is 47.5 Å². The van der Waals surface area contributed by atoms with Crippen molar-refractivity contribution in [1.29, 1.82) is 0 Å². The largest absolute Gasteiger partial charge is 0.479 e. The van der Waals surface area contributed by atoms with Crippen LogP contribution in [-0.2, 0) is 9.59 Å². The van der Waals surface area contributed by atoms with Gasteiger partial charge >= 0.3 is 5.97 Å². The Morgan fingerprint density at radius 3 is 1.40 bits per heavy atom. The molecule has 0 spiro atoms. The Labute approximate surface area is 172 Å². The maximum absolute atomic E-state index is 11.5. The van der Waals surface area contributed by atoms with E-state index in [1.807, 2.05) is 11.4 Å². The standard InChI is InChI=1S/C22H11NO7/c1-2-3-4-5-6-7-8-9-10-11-12-13-14-15-16-23-21(28)19(26)17(24)18(25)20(27)22(29)30/h1,17-20,24-27H,(H,23,28)(H,29,30)/t17-,18-,19+,20-/m1/s1. The molecular formula is C22H11NO7. The van der Waals surface area contributed by atoms with Crippen LogP contribution in [0.1, 0.15) is 0 Å². The van der Waals surface area contributed by atoms with Crippen LogP contribution in [0.3, 0.4) is 0 Å². The van der Waals surface area contributed by atoms with Gasteiger partial charge in [0.15, 0.2) is 12.2 Å². The van der Waals surface area contributed by atoms with E-state index in [-0.39, 0.29) is 0 Å². The second kappa shape index (κ2) is 15.3. The number of carboxylic acid groups (broad SMARTS) is 1. The third-order valence-corrected chi connectivity index (χ3v) is 2.59. The minimum Gasteiger partial charge on any atom is -0.479 e. The summed E-state index contributed by atoms with van der Waals surface area (Å²) in [7, 11) is 0. The van der Waals surface area contributed by atoms with E-state index in [9.17, 15) is 24.9 Å². The molecule has 0 aromatic rings. The third-order valence-electron chi connectivity index (χ3n) is 2.59. The highest BCUT2D eigenvalue weighted by Gasteiger charge is 2.37. The smallest absolute Gasteiger partial charge is 0.335 e. The highest BCUT2D eigenvalue weighted by Crippen LogP contribution is 2.05. The van der Waals surface area contributed by atoms with E-state index in [4.69, 9.17) is 16.6 Å². The summed E-state index contributed by atoms with van der Waals surface area (Å²) >= 11 is 0. The zero-order chi connectivity index (χ0) is 22.8. The van der Waals surface area contributed by atoms with Crippen LogP contribution >= 0.6 is 0 Å². The molecule has 0 radical (unpaired) electrons. The number of aliphatic hydroxyl groups excluding tert-OH is 4. The second-order valence-electron chi connectivity index (χ2n) is 4.59. The Bertz CT molecular complexity index is 1140. The molecule has 0 aliphatic rings. The van der Waals surface area contributed by atoms with Gasteiger partial charge in [0.1, 0.15) is 12.2 Å². The number of carbonyl (C=O) groups is 2. The summed E-state index contributed by atoms with van der Waals surface area (Å²) in [6.45, 7) is 0. The van der Waals surface area contributed by atoms with Gasteiger partial charge in [0.25, 0.3) is 5.91 Å². The Kier molecular flexibility index (Phi) is 12.9. The Balaban J connectivity index is 4.61. The van der Waals surface area contributed by atoms with Crippen LogP contribution in [0.4, 0.5) is 0 Å². The third kappa shape index (κ3) is 11.1. The van der Waals surface area contributed by atoms with Crippen molar-refractivity contribution in [3.63, 3.8) is 0 Å². The molecule has 0 rings (SSSR count). The molecule has 0 heterocycles. The van der Waals surface area contributed by atoms with Crippen molar-refractivity contribution in [3.8, 4) is 95.4 Å². The van der Waals surface area contributed by atoms with Gasteiger partial charge in [-0.2, -0.15) is 0 Å². The fraction of sp³-hybridized carbons (Fsp3) is 0.182. The molecule has 0 aromatic heterocycles. The van der Waals surface area contributed by atoms with Gasteiger partial charge < -0.3 is 25.5 Å². The number of amides is 1. The number of hydrogen-bond acceptors (Lipinski definition) is 6. The molecule has 0 aromatic carbocycles. The molecule has 8 nitrogen and oxygen atoms in total. The summed E-state index contributed by atoms with van der Waals surface area (Å²) in [4.78, 5) is 22.0. The first-order valence-corrected chi connectivity index (χ1v) is 7.53. The summed E-state index contributed by atoms with van der Waals surface area (Å²) in [6.07, 6.45) is -4.32. The highest BCUT2D eigenvalue weighted by molar-refractivity contribution is 5.83. The summed E-state index contributed by atoms with van der Waals surface area (Å²) in [5, 5.41) is 47.7. The van der Waals surface area contributed by atoms with Crippen molar-refractivity contribution >= 4 is 11.9 Å². The fourth-order valence-corrected chi connectivity index (χ4v) is 1.25. The van der Waals surface area contributed by atoms with Crippen molar-refractivity contribution in [2.24, 2.45) is 0 Å². The van der Waals surface area contributed by atoms with Crippen molar-refractivity contribution in [1.82, 2.24) is 5.32 Å². The predicted octanol–water partition coefficient (Wildman–Crippen LogP) is -3.75. The Morgan fingerprint density at radius 1 is 0.633 bits per heavy atom. The van der Waals surface area contributed by atoms with E-state index in [1.165, 1.54) is 0 Å². The van der Waals surface area contributed by atoms with E-state index < -0.39 is 36.3 Å². The van der Waals surface area contributed by atoms with E-state index in [1.54, 1.807) is 0 Å². The van der Waals surface area contributed by atoms with Crippen LogP contribution in [0.25, 0.3) is 0 Å². The Hall–Kier alpha value is -4.74. The summed E-state index contributed by atoms with van der Waals surface area (Å²) in [5.41, 5.74) is 0. The zero-order valence-electron chi connectivity index (χ0n) is 14.9. The monoisotopic (exact) mass is 401 g/mol. The van der Waals surface area contributed by atoms with Crippen molar-refractivity contribution in [2.45, 2.75) is 24.4 Å². The van der Waals surface area contributed by atoms with Crippen molar-refractivity contribution in [2.75, 3.05) is 0 Å². The molecule has 0 fully saturated rings. The molecule has 8 heteroatoms. The number of hydrogen-bond donors (Lipinski definition) is 6. The molecule has 0 saturated carbocycles. The van der Waals surface area contributed by atoms with Crippen molar-refractivity contribution < 1.29 is 35.1 Å². The van der Waals surface area contributed by atoms with E-state index >= 15 is 0 Å². The molecular weight excluding hydrogens is 390 g/mol. The molecule has 4 atom stereocenters. The highest BCUT2D eigenvalue weighted by atomic mass is 16.4. The molecule has 146 valence electrons. The maximum atomic E-state index is 11.5. The van der Waals surface area contributed by atoms with Gasteiger partial charge in [-0.15, -0.1) is 6.42 Å². The van der Waals surface area contributed by atoms with Gasteiger partial charge in [-0.1, -0.05) is 0 Å². The number of aliphatic carboxylic acids is 1. The molecule has 0 aliphatic carbocycles. The van der Waals surface area contributed by atoms with Crippen LogP contribution in [0.2, 0.25) is 0 Å². The minimum atomic E-state index is -2.40. The molecule has 30 heavy (non-hydrogen) atoms. The van der Waals surface area contributed by atoms with E-state index in [0.29, 0.717) is 0 Å². The lowest BCUT2D eigenvalue weighted by atomic mass is 10.0. The minimum absolute atomic E-state index is 1.25. The SMILES string of the molecule is C#CC#CC#CC#CC#CC#CC#CC#CNC(=O)[C@@H](O)[C@H](O)[C@@H](O)[C@@H](O)C(=O)O. The van der Waals surface area contributed by atoms with E-state index in [0.717, 1.165) is 0 Å². The van der Waals surface area contributed by atoms with Crippen LogP contribution in [0, 0.1) is 95.4 Å². The zero-order valence-corrected chi connectivity index (χ0v) is 14.9. The molecule has 0 aliphatic heterocycles. The molecule has 6 N–H and O–H groups in total. The summed E-state index contributed by atoms with van der Waals surface area (Å²) < 4.78 is 0. The maximum Gasteiger partial charge on any atom is 0.335 e.